The molecule has 0 saturated carbocycles. The Bertz CT molecular complexity index is 712. The highest BCUT2D eigenvalue weighted by Gasteiger charge is 2.29. The molecule has 0 radical (unpaired) electrons. The van der Waals surface area contributed by atoms with Crippen LogP contribution in [0.3, 0.4) is 0 Å². The molecule has 0 aliphatic heterocycles. The van der Waals surface area contributed by atoms with Gasteiger partial charge in [0.2, 0.25) is 0 Å². The third kappa shape index (κ3) is 5.97. The molecule has 0 atom stereocenters. The maximum atomic E-state index is 11.1. The van der Waals surface area contributed by atoms with Gasteiger partial charge in [0.05, 0.1) is 7.11 Å². The van der Waals surface area contributed by atoms with E-state index in [1.54, 1.807) is 13.2 Å². The summed E-state index contributed by atoms with van der Waals surface area (Å²) in [7, 11) is 1.63. The molecule has 0 heterocycles. The van der Waals surface area contributed by atoms with Crippen LogP contribution in [0, 0.1) is 0 Å². The molecular weight excluding hydrogens is 334 g/mol. The highest BCUT2D eigenvalue weighted by molar-refractivity contribution is 5.76. The first-order chi connectivity index (χ1) is 12.4. The van der Waals surface area contributed by atoms with Gasteiger partial charge in [-0.1, -0.05) is 12.1 Å². The Morgan fingerprint density at radius 1 is 1.08 bits per heavy atom. The van der Waals surface area contributed by atoms with E-state index in [2.05, 4.69) is 5.32 Å². The van der Waals surface area contributed by atoms with Gasteiger partial charge >= 0.3 is 5.97 Å². The number of ether oxygens (including phenoxy) is 3. The first-order valence-electron chi connectivity index (χ1n) is 8.39. The maximum Gasteiger partial charge on any atom is 0.347 e. The van der Waals surface area contributed by atoms with Crippen molar-refractivity contribution in [2.45, 2.75) is 26.0 Å². The van der Waals surface area contributed by atoms with E-state index in [1.807, 2.05) is 42.5 Å². The first-order valence-corrected chi connectivity index (χ1v) is 8.39. The minimum absolute atomic E-state index is 0.534. The van der Waals surface area contributed by atoms with E-state index >= 15 is 0 Å². The van der Waals surface area contributed by atoms with E-state index in [-0.39, 0.29) is 0 Å². The fourth-order valence-corrected chi connectivity index (χ4v) is 2.20. The second-order valence-corrected chi connectivity index (χ2v) is 6.27. The number of nitrogens with one attached hydrogen (secondary N) is 1. The van der Waals surface area contributed by atoms with Crippen LogP contribution in [0.15, 0.2) is 48.5 Å². The van der Waals surface area contributed by atoms with E-state index in [9.17, 15) is 4.79 Å². The van der Waals surface area contributed by atoms with Crippen molar-refractivity contribution >= 4 is 5.97 Å². The predicted octanol–water partition coefficient (Wildman–Crippen LogP) is 3.11. The Kier molecular flexibility index (Phi) is 6.86. The Morgan fingerprint density at radius 3 is 2.42 bits per heavy atom. The summed E-state index contributed by atoms with van der Waals surface area (Å²) in [4.78, 5) is 11.1. The average molecular weight is 359 g/mol. The van der Waals surface area contributed by atoms with Crippen molar-refractivity contribution in [2.75, 3.05) is 20.3 Å². The van der Waals surface area contributed by atoms with Gasteiger partial charge in [-0.05, 0) is 55.8 Å². The molecule has 2 N–H and O–H groups in total. The molecule has 0 amide bonds. The molecule has 6 heteroatoms. The molecule has 2 aromatic carbocycles. The smallest absolute Gasteiger partial charge is 0.347 e. The Hall–Kier alpha value is -2.73. The van der Waals surface area contributed by atoms with Crippen LogP contribution in [0.1, 0.15) is 19.4 Å². The molecule has 0 unspecified atom stereocenters. The number of carboxylic acid groups (broad SMARTS) is 1. The Morgan fingerprint density at radius 2 is 1.77 bits per heavy atom. The highest BCUT2D eigenvalue weighted by atomic mass is 16.5. The Labute approximate surface area is 153 Å². The second-order valence-electron chi connectivity index (χ2n) is 6.27. The van der Waals surface area contributed by atoms with Gasteiger partial charge < -0.3 is 24.6 Å². The lowest BCUT2D eigenvalue weighted by atomic mass is 10.1. The van der Waals surface area contributed by atoms with Crippen molar-refractivity contribution in [1.29, 1.82) is 0 Å². The van der Waals surface area contributed by atoms with Crippen LogP contribution >= 0.6 is 0 Å². The van der Waals surface area contributed by atoms with E-state index in [0.717, 1.165) is 17.1 Å². The molecule has 6 nitrogen and oxygen atoms in total. The van der Waals surface area contributed by atoms with Gasteiger partial charge in [-0.3, -0.25) is 0 Å². The molecule has 140 valence electrons. The van der Waals surface area contributed by atoms with Crippen LogP contribution in [0.25, 0.3) is 0 Å². The van der Waals surface area contributed by atoms with Gasteiger partial charge in [0.25, 0.3) is 0 Å². The molecule has 0 fully saturated rings. The normalized spacial score (nSPS) is 11.0. The quantitative estimate of drug-likeness (QED) is 0.635. The molecule has 26 heavy (non-hydrogen) atoms. The van der Waals surface area contributed by atoms with Gasteiger partial charge in [0.15, 0.2) is 5.60 Å². The van der Waals surface area contributed by atoms with E-state index in [0.29, 0.717) is 25.4 Å². The third-order valence-electron chi connectivity index (χ3n) is 3.72. The number of carboxylic acids is 1. The molecule has 0 saturated heterocycles. The third-order valence-corrected chi connectivity index (χ3v) is 3.72. The van der Waals surface area contributed by atoms with Crippen LogP contribution in [-0.2, 0) is 11.3 Å². The number of methoxy groups -OCH3 is 1. The van der Waals surface area contributed by atoms with Gasteiger partial charge in [-0.25, -0.2) is 4.79 Å². The average Bonchev–Trinajstić information content (AvgIpc) is 2.62. The largest absolute Gasteiger partial charge is 0.497 e. The lowest BCUT2D eigenvalue weighted by molar-refractivity contribution is -0.152. The van der Waals surface area contributed by atoms with Gasteiger partial charge in [-0.15, -0.1) is 0 Å². The second kappa shape index (κ2) is 9.10. The van der Waals surface area contributed by atoms with Crippen molar-refractivity contribution in [1.82, 2.24) is 5.32 Å². The van der Waals surface area contributed by atoms with Crippen LogP contribution in [-0.4, -0.2) is 36.9 Å². The van der Waals surface area contributed by atoms with Crippen LogP contribution < -0.4 is 19.5 Å². The molecule has 0 aliphatic carbocycles. The lowest BCUT2D eigenvalue weighted by Crippen LogP contribution is -2.37. The van der Waals surface area contributed by atoms with Gasteiger partial charge in [-0.2, -0.15) is 0 Å². The zero-order valence-electron chi connectivity index (χ0n) is 15.3. The topological polar surface area (TPSA) is 77.0 Å². The van der Waals surface area contributed by atoms with Crippen molar-refractivity contribution in [2.24, 2.45) is 0 Å². The standard InChI is InChI=1S/C20H25NO5/c1-20(2,19(22)23)26-18-6-4-5-15(13-18)14-21-11-12-25-17-9-7-16(24-3)8-10-17/h4-10,13,21H,11-12,14H2,1-3H3,(H,22,23). The maximum absolute atomic E-state index is 11.1. The number of benzene rings is 2. The summed E-state index contributed by atoms with van der Waals surface area (Å²) in [6, 6.07) is 14.8. The van der Waals surface area contributed by atoms with Gasteiger partial charge in [0.1, 0.15) is 23.9 Å². The summed E-state index contributed by atoms with van der Waals surface area (Å²) in [6.45, 7) is 4.90. The van der Waals surface area contributed by atoms with Crippen molar-refractivity contribution in [3.63, 3.8) is 0 Å². The fourth-order valence-electron chi connectivity index (χ4n) is 2.20. The number of hydrogen-bond donors (Lipinski definition) is 2. The molecule has 2 aromatic rings. The minimum Gasteiger partial charge on any atom is -0.497 e. The van der Waals surface area contributed by atoms with E-state index < -0.39 is 11.6 Å². The van der Waals surface area contributed by atoms with Gasteiger partial charge in [0, 0.05) is 13.1 Å². The van der Waals surface area contributed by atoms with Crippen LogP contribution in [0.2, 0.25) is 0 Å². The zero-order valence-corrected chi connectivity index (χ0v) is 15.3. The molecule has 0 aliphatic rings. The summed E-state index contributed by atoms with van der Waals surface area (Å²) in [5, 5.41) is 12.4. The molecule has 0 aromatic heterocycles. The van der Waals surface area contributed by atoms with Crippen LogP contribution in [0.4, 0.5) is 0 Å². The molecular formula is C20H25NO5. The van der Waals surface area contributed by atoms with E-state index in [1.165, 1.54) is 13.8 Å². The number of rotatable bonds is 10. The van der Waals surface area contributed by atoms with Crippen LogP contribution in [0.5, 0.6) is 17.2 Å². The van der Waals surface area contributed by atoms with E-state index in [4.69, 9.17) is 19.3 Å². The molecule has 0 spiro atoms. The van der Waals surface area contributed by atoms with Crippen molar-refractivity contribution < 1.29 is 24.1 Å². The van der Waals surface area contributed by atoms with Crippen molar-refractivity contribution in [3.8, 4) is 17.2 Å². The number of hydrogen-bond acceptors (Lipinski definition) is 5. The summed E-state index contributed by atoms with van der Waals surface area (Å²) in [5.74, 6) is 1.12. The van der Waals surface area contributed by atoms with Crippen molar-refractivity contribution in [3.05, 3.63) is 54.1 Å². The fraction of sp³-hybridized carbons (Fsp3) is 0.350. The molecule has 0 bridgehead atoms. The summed E-state index contributed by atoms with van der Waals surface area (Å²) in [5.41, 5.74) is -0.258. The number of carbonyl (C=O) groups is 1. The summed E-state index contributed by atoms with van der Waals surface area (Å²) < 4.78 is 16.3. The Balaban J connectivity index is 1.75. The number of aliphatic carboxylic acids is 1. The SMILES string of the molecule is COc1ccc(OCCNCc2cccc(OC(C)(C)C(=O)O)c2)cc1. The molecule has 2 rings (SSSR count). The first kappa shape index (κ1) is 19.6. The highest BCUT2D eigenvalue weighted by Crippen LogP contribution is 2.20. The zero-order chi connectivity index (χ0) is 19.0. The summed E-state index contributed by atoms with van der Waals surface area (Å²) in [6.07, 6.45) is 0. The summed E-state index contributed by atoms with van der Waals surface area (Å²) >= 11 is 0. The monoisotopic (exact) mass is 359 g/mol. The predicted molar refractivity (Wildman–Crippen MR) is 99.0 cm³/mol. The minimum atomic E-state index is -1.27. The lowest BCUT2D eigenvalue weighted by Gasteiger charge is -2.21.